The normalized spacial score (nSPS) is 13.5. The number of carbonyl (C=O) groups excluding carboxylic acids is 2. The van der Waals surface area contributed by atoms with Gasteiger partial charge in [0.05, 0.1) is 18.8 Å². The fraction of sp³-hybridized carbons (Fsp3) is 0.600. The van der Waals surface area contributed by atoms with Gasteiger partial charge in [-0.1, -0.05) is 6.07 Å². The van der Waals surface area contributed by atoms with E-state index in [-0.39, 0.29) is 41.3 Å². The van der Waals surface area contributed by atoms with Crippen molar-refractivity contribution in [2.24, 2.45) is 0 Å². The molecule has 0 radical (unpaired) electrons. The van der Waals surface area contributed by atoms with Gasteiger partial charge in [0, 0.05) is 34.1 Å². The Morgan fingerprint density at radius 3 is 1.53 bits per heavy atom. The second-order valence-electron chi connectivity index (χ2n) is 19.3. The van der Waals surface area contributed by atoms with E-state index in [4.69, 9.17) is 21.6 Å². The number of aryl methyl sites for hydroxylation is 2. The predicted octanol–water partition coefficient (Wildman–Crippen LogP) is 10.2. The number of carbonyl (C=O) groups is 2. The number of amides is 2. The third-order valence-corrected chi connectivity index (χ3v) is 26.7. The summed E-state index contributed by atoms with van der Waals surface area (Å²) in [7, 11) is 0. The molecule has 6 rings (SSSR count). The van der Waals surface area contributed by atoms with E-state index in [9.17, 15) is 9.59 Å². The van der Waals surface area contributed by atoms with Crippen LogP contribution in [0.3, 0.4) is 0 Å². The number of fused-ring (bicyclic) bond motifs is 2. The molecule has 2 aliphatic rings. The van der Waals surface area contributed by atoms with Gasteiger partial charge in [0.2, 0.25) is 17.1 Å². The number of nitrogens with one attached hydrogen (secondary N) is 4. The van der Waals surface area contributed by atoms with Gasteiger partial charge in [-0.3, -0.25) is 14.6 Å². The second kappa shape index (κ2) is 26.3. The molecule has 0 saturated heterocycles. The molecule has 12 nitrogen and oxygen atoms in total. The van der Waals surface area contributed by atoms with E-state index in [1.807, 2.05) is 65.9 Å². The van der Waals surface area contributed by atoms with E-state index in [0.717, 1.165) is 85.4 Å². The quantitative estimate of drug-likeness (QED) is 0.0592. The fourth-order valence-electron chi connectivity index (χ4n) is 8.29. The first kappa shape index (κ1) is 52.7. The summed E-state index contributed by atoms with van der Waals surface area (Å²) >= 11 is 3.73. The van der Waals surface area contributed by atoms with E-state index < -0.39 is 18.4 Å². The Kier molecular flexibility index (Phi) is 21.7. The van der Waals surface area contributed by atoms with E-state index >= 15 is 0 Å². The number of halogens is 1. The molecule has 350 valence electrons. The number of hydrogen-bond acceptors (Lipinski definition) is 10. The van der Waals surface area contributed by atoms with Crippen LogP contribution >= 0.6 is 11.6 Å². The van der Waals surface area contributed by atoms with Crippen molar-refractivity contribution in [1.29, 1.82) is 0 Å². The first-order valence-corrected chi connectivity index (χ1v) is 31.8. The van der Waals surface area contributed by atoms with Gasteiger partial charge in [0.25, 0.3) is 0 Å². The Balaban J connectivity index is 0.000000213. The van der Waals surface area contributed by atoms with Gasteiger partial charge in [-0.25, -0.2) is 19.9 Å². The van der Waals surface area contributed by atoms with E-state index in [0.29, 0.717) is 11.6 Å². The molecule has 4 aromatic rings. The van der Waals surface area contributed by atoms with E-state index in [1.54, 1.807) is 9.91 Å². The summed E-state index contributed by atoms with van der Waals surface area (Å²) in [5.41, 5.74) is 4.58. The molecule has 0 fully saturated rings. The third kappa shape index (κ3) is 17.8. The Morgan fingerprint density at radius 2 is 1.08 bits per heavy atom. The Labute approximate surface area is 393 Å². The average molecular weight is 1000 g/mol. The Hall–Kier alpha value is -3.91. The van der Waals surface area contributed by atoms with Crippen LogP contribution in [0.1, 0.15) is 149 Å². The van der Waals surface area contributed by atoms with Crippen LogP contribution in [0, 0.1) is 0 Å². The molecular formula is C50H77ClN10O2Sn. The molecular weight excluding hydrogens is 927 g/mol. The van der Waals surface area contributed by atoms with Crippen LogP contribution in [0.25, 0.3) is 11.5 Å². The molecule has 4 heterocycles. The van der Waals surface area contributed by atoms with Crippen molar-refractivity contribution >= 4 is 57.1 Å². The molecule has 0 atom stereocenters. The molecule has 2 aliphatic carbocycles. The van der Waals surface area contributed by atoms with Gasteiger partial charge >= 0.3 is 124 Å². The summed E-state index contributed by atoms with van der Waals surface area (Å²) in [6.45, 7) is 19.1. The summed E-state index contributed by atoms with van der Waals surface area (Å²) in [5, 5.41) is 12.4. The Morgan fingerprint density at radius 1 is 0.609 bits per heavy atom. The number of pyridine rings is 2. The van der Waals surface area contributed by atoms with Crippen LogP contribution in [-0.4, -0.2) is 84.3 Å². The van der Waals surface area contributed by atoms with Gasteiger partial charge in [0.15, 0.2) is 5.82 Å². The number of unbranched alkanes of at least 4 members (excludes halogenated alkanes) is 3. The van der Waals surface area contributed by atoms with Crippen molar-refractivity contribution in [3.8, 4) is 11.5 Å². The van der Waals surface area contributed by atoms with E-state index in [2.05, 4.69) is 80.2 Å². The van der Waals surface area contributed by atoms with Crippen molar-refractivity contribution in [3.05, 3.63) is 76.6 Å². The van der Waals surface area contributed by atoms with Crippen molar-refractivity contribution in [2.45, 2.75) is 177 Å². The summed E-state index contributed by atoms with van der Waals surface area (Å²) < 4.78 is 6.10. The van der Waals surface area contributed by atoms with Crippen LogP contribution in [-0.2, 0) is 35.3 Å². The molecule has 0 unspecified atom stereocenters. The van der Waals surface area contributed by atoms with Gasteiger partial charge < -0.3 is 21.3 Å². The third-order valence-electron chi connectivity index (χ3n) is 11.3. The minimum absolute atomic E-state index is 0.0462. The summed E-state index contributed by atoms with van der Waals surface area (Å²) in [6.07, 6.45) is 20.3. The van der Waals surface area contributed by atoms with Crippen molar-refractivity contribution in [1.82, 2.24) is 40.5 Å². The fourth-order valence-corrected chi connectivity index (χ4v) is 23.9. The number of nitrogens with zero attached hydrogens (tertiary/aromatic N) is 6. The Bertz CT molecular complexity index is 2020. The van der Waals surface area contributed by atoms with Crippen LogP contribution in [0.5, 0.6) is 0 Å². The second-order valence-corrected chi connectivity index (χ2v) is 32.7. The molecule has 0 saturated carbocycles. The van der Waals surface area contributed by atoms with Gasteiger partial charge in [-0.05, 0) is 117 Å². The zero-order valence-electron chi connectivity index (χ0n) is 40.4. The maximum absolute atomic E-state index is 12.1. The van der Waals surface area contributed by atoms with Crippen molar-refractivity contribution < 1.29 is 9.59 Å². The summed E-state index contributed by atoms with van der Waals surface area (Å²) in [6, 6.07) is 12.3. The molecule has 0 bridgehead atoms. The molecule has 0 aliphatic heterocycles. The maximum atomic E-state index is 12.1. The minimum atomic E-state index is -2.21. The molecule has 14 heteroatoms. The first-order valence-electron chi connectivity index (χ1n) is 23.9. The number of aromatic nitrogens is 6. The SMILES string of the molecule is CC(C)(C)NC(=O)CNc1nc(-c2ccccn2)nc2c1CCCC2.CC(C)(C)NC(=O)CNc1nc(Cl)nc2c1CCCC2.CCC[CH2][Sn]([CH2]CCC)([CH2]CCC)[c]1ccccn1. The molecule has 2 amide bonds. The molecule has 0 aromatic carbocycles. The molecule has 4 N–H and O–H groups in total. The monoisotopic (exact) mass is 1000 g/mol. The topological polar surface area (TPSA) is 160 Å². The summed E-state index contributed by atoms with van der Waals surface area (Å²) in [5.74, 6) is 1.96. The average Bonchev–Trinajstić information content (AvgIpc) is 3.27. The van der Waals surface area contributed by atoms with Crippen LogP contribution < -0.4 is 25.0 Å². The number of hydrogen-bond donors (Lipinski definition) is 4. The van der Waals surface area contributed by atoms with Crippen LogP contribution in [0.15, 0.2) is 48.8 Å². The number of rotatable bonds is 17. The standard InChI is InChI=1S/C19H25N5O.C14H21ClN4O.C5H4N.3C4H9.Sn/c1-19(2,3)24-16(25)12-21-17-13-8-4-5-9-14(13)22-18(23-17)15-10-6-7-11-20-15;1-14(2,3)19-11(20)8-16-12-9-6-4-5-7-10(9)17-13(15)18-12;1-2-4-6-5-3-1;3*1-3-4-2;/h6-7,10-11H,4-5,8-9,12H2,1-3H3,(H,24,25)(H,21,22,23);4-8H2,1-3H3,(H,19,20)(H,16,17,18);1-4H;3*1,3-4H2,2H3;. The van der Waals surface area contributed by atoms with Gasteiger partial charge in [-0.15, -0.1) is 0 Å². The van der Waals surface area contributed by atoms with E-state index in [1.165, 1.54) is 51.8 Å². The van der Waals surface area contributed by atoms with Crippen LogP contribution in [0.4, 0.5) is 11.6 Å². The van der Waals surface area contributed by atoms with Gasteiger partial charge in [-0.2, -0.15) is 0 Å². The van der Waals surface area contributed by atoms with Crippen molar-refractivity contribution in [2.75, 3.05) is 23.7 Å². The van der Waals surface area contributed by atoms with Crippen LogP contribution in [0.2, 0.25) is 18.6 Å². The molecule has 4 aromatic heterocycles. The zero-order chi connectivity index (χ0) is 46.6. The van der Waals surface area contributed by atoms with Crippen molar-refractivity contribution in [3.63, 3.8) is 0 Å². The number of anilines is 2. The first-order chi connectivity index (χ1) is 30.6. The molecule has 64 heavy (non-hydrogen) atoms. The summed E-state index contributed by atoms with van der Waals surface area (Å²) in [4.78, 5) is 51.0. The van der Waals surface area contributed by atoms with Gasteiger partial charge in [0.1, 0.15) is 17.3 Å². The molecule has 0 spiro atoms. The predicted molar refractivity (Wildman–Crippen MR) is 267 cm³/mol. The zero-order valence-corrected chi connectivity index (χ0v) is 44.0.